The predicted molar refractivity (Wildman–Crippen MR) is 56.2 cm³/mol. The molecule has 0 spiro atoms. The highest BCUT2D eigenvalue weighted by Gasteiger charge is 2.34. The van der Waals surface area contributed by atoms with Gasteiger partial charge in [0.05, 0.1) is 0 Å². The number of aryl methyl sites for hydroxylation is 1. The van der Waals surface area contributed by atoms with E-state index in [9.17, 15) is 4.79 Å². The predicted octanol–water partition coefficient (Wildman–Crippen LogP) is 1.21. The smallest absolute Gasteiger partial charge is 0.223 e. The van der Waals surface area contributed by atoms with Crippen LogP contribution in [-0.2, 0) is 4.79 Å². The maximum absolute atomic E-state index is 11.6. The molecular weight excluding hydrogens is 192 g/mol. The molecule has 2 atom stereocenters. The molecule has 1 aliphatic rings. The SMILES string of the molecule is Cc1ccc(C2C(N)CCC(=O)N2C)o1. The minimum atomic E-state index is -0.111. The molecule has 15 heavy (non-hydrogen) atoms. The fourth-order valence-electron chi connectivity index (χ4n) is 2.08. The Morgan fingerprint density at radius 2 is 2.27 bits per heavy atom. The van der Waals surface area contributed by atoms with Crippen molar-refractivity contribution in [1.82, 2.24) is 4.90 Å². The molecule has 0 aromatic carbocycles. The highest BCUT2D eigenvalue weighted by atomic mass is 16.3. The Morgan fingerprint density at radius 1 is 1.53 bits per heavy atom. The van der Waals surface area contributed by atoms with Crippen molar-refractivity contribution in [1.29, 1.82) is 0 Å². The number of hydrogen-bond acceptors (Lipinski definition) is 3. The van der Waals surface area contributed by atoms with Crippen molar-refractivity contribution in [3.05, 3.63) is 23.7 Å². The lowest BCUT2D eigenvalue weighted by Crippen LogP contribution is -2.46. The Kier molecular flexibility index (Phi) is 2.52. The van der Waals surface area contributed by atoms with Crippen LogP contribution in [0.1, 0.15) is 30.4 Å². The fraction of sp³-hybridized carbons (Fsp3) is 0.545. The molecule has 1 fully saturated rings. The van der Waals surface area contributed by atoms with E-state index in [-0.39, 0.29) is 18.0 Å². The summed E-state index contributed by atoms with van der Waals surface area (Å²) in [6.45, 7) is 1.89. The van der Waals surface area contributed by atoms with Crippen LogP contribution in [0.25, 0.3) is 0 Å². The van der Waals surface area contributed by atoms with Crippen molar-refractivity contribution in [2.45, 2.75) is 31.8 Å². The first kappa shape index (κ1) is 10.2. The quantitative estimate of drug-likeness (QED) is 0.754. The summed E-state index contributed by atoms with van der Waals surface area (Å²) in [5.41, 5.74) is 6.02. The summed E-state index contributed by atoms with van der Waals surface area (Å²) >= 11 is 0. The Bertz CT molecular complexity index is 372. The molecule has 4 nitrogen and oxygen atoms in total. The van der Waals surface area contributed by atoms with Crippen molar-refractivity contribution in [2.24, 2.45) is 5.73 Å². The molecule has 4 heteroatoms. The molecule has 1 aromatic rings. The number of carbonyl (C=O) groups excluding carboxylic acids is 1. The van der Waals surface area contributed by atoms with Crippen LogP contribution in [0.5, 0.6) is 0 Å². The maximum Gasteiger partial charge on any atom is 0.223 e. The van der Waals surface area contributed by atoms with Gasteiger partial charge in [0.1, 0.15) is 17.6 Å². The van der Waals surface area contributed by atoms with Gasteiger partial charge in [0.25, 0.3) is 0 Å². The Morgan fingerprint density at radius 3 is 2.87 bits per heavy atom. The molecule has 1 aliphatic heterocycles. The topological polar surface area (TPSA) is 59.5 Å². The lowest BCUT2D eigenvalue weighted by Gasteiger charge is -2.35. The van der Waals surface area contributed by atoms with Crippen LogP contribution in [0.4, 0.5) is 0 Å². The van der Waals surface area contributed by atoms with Crippen LogP contribution in [-0.4, -0.2) is 23.9 Å². The van der Waals surface area contributed by atoms with E-state index in [1.165, 1.54) is 0 Å². The van der Waals surface area contributed by atoms with Crippen molar-refractivity contribution < 1.29 is 9.21 Å². The number of carbonyl (C=O) groups is 1. The molecular formula is C11H16N2O2. The minimum Gasteiger partial charge on any atom is -0.464 e. The second kappa shape index (κ2) is 3.70. The molecule has 82 valence electrons. The standard InChI is InChI=1S/C11H16N2O2/c1-7-3-5-9(15-7)11-8(12)4-6-10(14)13(11)2/h3,5,8,11H,4,6,12H2,1-2H3. The largest absolute Gasteiger partial charge is 0.464 e. The fourth-order valence-corrected chi connectivity index (χ4v) is 2.08. The molecule has 0 bridgehead atoms. The van der Waals surface area contributed by atoms with Crippen LogP contribution in [0.15, 0.2) is 16.5 Å². The lowest BCUT2D eigenvalue weighted by molar-refractivity contribution is -0.136. The molecule has 1 aromatic heterocycles. The zero-order valence-electron chi connectivity index (χ0n) is 9.06. The highest BCUT2D eigenvalue weighted by molar-refractivity contribution is 5.77. The van der Waals surface area contributed by atoms with Gasteiger partial charge >= 0.3 is 0 Å². The van der Waals surface area contributed by atoms with Crippen LogP contribution < -0.4 is 5.73 Å². The van der Waals surface area contributed by atoms with Crippen LogP contribution >= 0.6 is 0 Å². The van der Waals surface area contributed by atoms with Gasteiger partial charge in [-0.3, -0.25) is 4.79 Å². The third-order valence-corrected chi connectivity index (χ3v) is 2.96. The maximum atomic E-state index is 11.6. The first-order valence-electron chi connectivity index (χ1n) is 5.17. The van der Waals surface area contributed by atoms with Crippen molar-refractivity contribution in [2.75, 3.05) is 7.05 Å². The number of furan rings is 1. The molecule has 2 N–H and O–H groups in total. The van der Waals surface area contributed by atoms with E-state index in [2.05, 4.69) is 0 Å². The number of likely N-dealkylation sites (N-methyl/N-ethyl adjacent to an activating group) is 1. The number of amides is 1. The van der Waals surface area contributed by atoms with Crippen molar-refractivity contribution in [3.63, 3.8) is 0 Å². The molecule has 1 amide bonds. The van der Waals surface area contributed by atoms with E-state index in [1.54, 1.807) is 11.9 Å². The minimum absolute atomic E-state index is 0.0294. The summed E-state index contributed by atoms with van der Waals surface area (Å²) in [6.07, 6.45) is 1.27. The van der Waals surface area contributed by atoms with Gasteiger partial charge in [0.15, 0.2) is 0 Å². The van der Waals surface area contributed by atoms with Gasteiger partial charge in [-0.15, -0.1) is 0 Å². The summed E-state index contributed by atoms with van der Waals surface area (Å²) in [6, 6.07) is 3.66. The number of nitrogens with zero attached hydrogens (tertiary/aromatic N) is 1. The van der Waals surface area contributed by atoms with Gasteiger partial charge in [-0.2, -0.15) is 0 Å². The first-order chi connectivity index (χ1) is 7.09. The molecule has 2 rings (SSSR count). The highest BCUT2D eigenvalue weighted by Crippen LogP contribution is 2.30. The number of nitrogens with two attached hydrogens (primary N) is 1. The second-order valence-electron chi connectivity index (χ2n) is 4.10. The molecule has 1 saturated heterocycles. The molecule has 2 heterocycles. The molecule has 0 aliphatic carbocycles. The third-order valence-electron chi connectivity index (χ3n) is 2.96. The van der Waals surface area contributed by atoms with Gasteiger partial charge < -0.3 is 15.1 Å². The van der Waals surface area contributed by atoms with Crippen LogP contribution in [0, 0.1) is 6.92 Å². The van der Waals surface area contributed by atoms with Crippen molar-refractivity contribution in [3.8, 4) is 0 Å². The third kappa shape index (κ3) is 1.77. The second-order valence-corrected chi connectivity index (χ2v) is 4.10. The summed E-state index contributed by atoms with van der Waals surface area (Å²) in [5, 5.41) is 0. The summed E-state index contributed by atoms with van der Waals surface area (Å²) in [4.78, 5) is 13.2. The number of likely N-dealkylation sites (tertiary alicyclic amines) is 1. The normalized spacial score (nSPS) is 27.1. The van der Waals surface area contributed by atoms with Gasteiger partial charge in [0.2, 0.25) is 5.91 Å². The van der Waals surface area contributed by atoms with E-state index in [4.69, 9.17) is 10.2 Å². The van der Waals surface area contributed by atoms with E-state index in [0.717, 1.165) is 17.9 Å². The zero-order chi connectivity index (χ0) is 11.0. The molecule has 0 radical (unpaired) electrons. The van der Waals surface area contributed by atoms with Crippen LogP contribution in [0.2, 0.25) is 0 Å². The molecule has 0 saturated carbocycles. The summed E-state index contributed by atoms with van der Waals surface area (Å²) < 4.78 is 5.54. The van der Waals surface area contributed by atoms with E-state index >= 15 is 0 Å². The van der Waals surface area contributed by atoms with Crippen LogP contribution in [0.3, 0.4) is 0 Å². The van der Waals surface area contributed by atoms with Gasteiger partial charge in [-0.05, 0) is 25.5 Å². The monoisotopic (exact) mass is 208 g/mol. The number of piperidine rings is 1. The average molecular weight is 208 g/mol. The van der Waals surface area contributed by atoms with E-state index in [0.29, 0.717) is 6.42 Å². The number of hydrogen-bond donors (Lipinski definition) is 1. The van der Waals surface area contributed by atoms with Gasteiger partial charge in [0, 0.05) is 19.5 Å². The average Bonchev–Trinajstić information content (AvgIpc) is 2.59. The van der Waals surface area contributed by atoms with E-state index < -0.39 is 0 Å². The Balaban J connectivity index is 2.28. The first-order valence-corrected chi connectivity index (χ1v) is 5.17. The van der Waals surface area contributed by atoms with Gasteiger partial charge in [-0.1, -0.05) is 0 Å². The lowest BCUT2D eigenvalue weighted by atomic mass is 9.95. The van der Waals surface area contributed by atoms with Crippen molar-refractivity contribution >= 4 is 5.91 Å². The zero-order valence-corrected chi connectivity index (χ0v) is 9.06. The molecule has 2 unspecified atom stereocenters. The number of rotatable bonds is 1. The summed E-state index contributed by atoms with van der Waals surface area (Å²) in [5.74, 6) is 1.77. The van der Waals surface area contributed by atoms with E-state index in [1.807, 2.05) is 19.1 Å². The summed E-state index contributed by atoms with van der Waals surface area (Å²) in [7, 11) is 1.78. The van der Waals surface area contributed by atoms with Gasteiger partial charge in [-0.25, -0.2) is 0 Å². The Hall–Kier alpha value is -1.29. The Labute approximate surface area is 89.0 Å².